The van der Waals surface area contributed by atoms with Crippen LogP contribution in [0.1, 0.15) is 5.56 Å². The number of amides is 1. The molecule has 2 aromatic rings. The van der Waals surface area contributed by atoms with Gasteiger partial charge in [0, 0.05) is 18.6 Å². The summed E-state index contributed by atoms with van der Waals surface area (Å²) in [6.45, 7) is 0. The fraction of sp³-hybridized carbons (Fsp3) is 0. The summed E-state index contributed by atoms with van der Waals surface area (Å²) in [5.74, 6) is -0.128. The van der Waals surface area contributed by atoms with Gasteiger partial charge in [-0.2, -0.15) is 0 Å². The normalized spacial score (nSPS) is 17.0. The van der Waals surface area contributed by atoms with Crippen molar-refractivity contribution < 1.29 is 4.79 Å². The maximum atomic E-state index is 12.4. The molecule has 1 fully saturated rings. The van der Waals surface area contributed by atoms with Gasteiger partial charge >= 0.3 is 0 Å². The molecule has 0 saturated carbocycles. The molecule has 0 radical (unpaired) electrons. The second-order valence-electron chi connectivity index (χ2n) is 4.01. The van der Waals surface area contributed by atoms with Gasteiger partial charge in [-0.3, -0.25) is 19.7 Å². The third-order valence-electron chi connectivity index (χ3n) is 2.68. The van der Waals surface area contributed by atoms with E-state index in [4.69, 9.17) is 12.2 Å². The van der Waals surface area contributed by atoms with Crippen LogP contribution in [-0.2, 0) is 4.79 Å². The summed E-state index contributed by atoms with van der Waals surface area (Å²) in [5.41, 5.74) is 1.56. The molecule has 2 aromatic heterocycles. The Kier molecular flexibility index (Phi) is 3.58. The zero-order chi connectivity index (χ0) is 13.9. The largest absolute Gasteiger partial charge is 0.270 e. The summed E-state index contributed by atoms with van der Waals surface area (Å²) in [4.78, 5) is 22.5. The van der Waals surface area contributed by atoms with E-state index in [1.807, 2.05) is 18.2 Å². The van der Waals surface area contributed by atoms with Crippen molar-refractivity contribution in [2.24, 2.45) is 0 Å². The minimum Gasteiger partial charge on any atom is -0.268 e. The van der Waals surface area contributed by atoms with Gasteiger partial charge in [0.05, 0.1) is 16.8 Å². The highest BCUT2D eigenvalue weighted by atomic mass is 32.2. The molecule has 0 N–H and O–H groups in total. The van der Waals surface area contributed by atoms with Crippen LogP contribution in [0.4, 0.5) is 5.69 Å². The number of hydrogen-bond donors (Lipinski definition) is 0. The molecule has 0 atom stereocenters. The Morgan fingerprint density at radius 1 is 1.15 bits per heavy atom. The molecule has 4 nitrogen and oxygen atoms in total. The van der Waals surface area contributed by atoms with E-state index >= 15 is 0 Å². The first-order valence-electron chi connectivity index (χ1n) is 5.84. The van der Waals surface area contributed by atoms with Crippen LogP contribution in [0.15, 0.2) is 54.0 Å². The Balaban J connectivity index is 1.93. The summed E-state index contributed by atoms with van der Waals surface area (Å²) < 4.78 is 0.512. The number of hydrogen-bond acceptors (Lipinski definition) is 5. The van der Waals surface area contributed by atoms with Crippen LogP contribution < -0.4 is 4.90 Å². The van der Waals surface area contributed by atoms with E-state index in [2.05, 4.69) is 9.97 Å². The van der Waals surface area contributed by atoms with Crippen LogP contribution in [-0.4, -0.2) is 20.2 Å². The second-order valence-corrected chi connectivity index (χ2v) is 5.69. The smallest absolute Gasteiger partial charge is 0.268 e. The van der Waals surface area contributed by atoms with Crippen molar-refractivity contribution in [1.29, 1.82) is 0 Å². The van der Waals surface area contributed by atoms with Crippen molar-refractivity contribution in [3.05, 3.63) is 59.5 Å². The lowest BCUT2D eigenvalue weighted by molar-refractivity contribution is -0.113. The molecule has 20 heavy (non-hydrogen) atoms. The van der Waals surface area contributed by atoms with E-state index < -0.39 is 0 Å². The van der Waals surface area contributed by atoms with E-state index in [-0.39, 0.29) is 5.91 Å². The van der Waals surface area contributed by atoms with Crippen LogP contribution in [0, 0.1) is 0 Å². The number of nitrogens with zero attached hydrogens (tertiary/aromatic N) is 3. The minimum absolute atomic E-state index is 0.128. The Morgan fingerprint density at radius 2 is 1.90 bits per heavy atom. The molecular formula is C14H9N3OS2. The topological polar surface area (TPSA) is 46.1 Å². The third kappa shape index (κ3) is 2.48. The molecule has 0 aromatic carbocycles. The monoisotopic (exact) mass is 299 g/mol. The molecule has 1 saturated heterocycles. The Hall–Kier alpha value is -2.05. The van der Waals surface area contributed by atoms with Crippen molar-refractivity contribution in [2.75, 3.05) is 4.90 Å². The number of anilines is 1. The van der Waals surface area contributed by atoms with Crippen LogP contribution in [0.5, 0.6) is 0 Å². The molecule has 3 heterocycles. The van der Waals surface area contributed by atoms with Gasteiger partial charge < -0.3 is 0 Å². The van der Waals surface area contributed by atoms with Gasteiger partial charge in [-0.1, -0.05) is 30.0 Å². The van der Waals surface area contributed by atoms with Gasteiger partial charge in [0.25, 0.3) is 5.91 Å². The lowest BCUT2D eigenvalue weighted by Crippen LogP contribution is -2.27. The first kappa shape index (κ1) is 13.0. The quantitative estimate of drug-likeness (QED) is 0.630. The van der Waals surface area contributed by atoms with Crippen LogP contribution in [0.25, 0.3) is 6.08 Å². The number of aromatic nitrogens is 2. The Morgan fingerprint density at radius 3 is 2.55 bits per heavy atom. The van der Waals surface area contributed by atoms with Crippen molar-refractivity contribution in [1.82, 2.24) is 9.97 Å². The molecule has 0 unspecified atom stereocenters. The third-order valence-corrected chi connectivity index (χ3v) is 3.98. The molecule has 98 valence electrons. The zero-order valence-corrected chi connectivity index (χ0v) is 11.9. The summed E-state index contributed by atoms with van der Waals surface area (Å²) in [7, 11) is 0. The average Bonchev–Trinajstić information content (AvgIpc) is 2.75. The van der Waals surface area contributed by atoms with Crippen molar-refractivity contribution in [3.8, 4) is 0 Å². The number of carbonyl (C=O) groups excluding carboxylic acids is 1. The van der Waals surface area contributed by atoms with Crippen LogP contribution in [0.2, 0.25) is 0 Å². The fourth-order valence-electron chi connectivity index (χ4n) is 1.79. The van der Waals surface area contributed by atoms with E-state index in [0.29, 0.717) is 14.9 Å². The predicted molar refractivity (Wildman–Crippen MR) is 84.1 cm³/mol. The van der Waals surface area contributed by atoms with Gasteiger partial charge in [-0.05, 0) is 29.8 Å². The molecule has 6 heteroatoms. The Labute approximate surface area is 125 Å². The van der Waals surface area contributed by atoms with Gasteiger partial charge in [-0.15, -0.1) is 0 Å². The molecule has 0 spiro atoms. The highest BCUT2D eigenvalue weighted by Gasteiger charge is 2.33. The molecular weight excluding hydrogens is 290 g/mol. The van der Waals surface area contributed by atoms with Crippen molar-refractivity contribution in [3.63, 3.8) is 0 Å². The molecule has 1 aliphatic rings. The van der Waals surface area contributed by atoms with Gasteiger partial charge in [0.15, 0.2) is 4.32 Å². The number of thiocarbonyl (C=S) groups is 1. The predicted octanol–water partition coefficient (Wildman–Crippen LogP) is 2.88. The van der Waals surface area contributed by atoms with Crippen LogP contribution in [0.3, 0.4) is 0 Å². The van der Waals surface area contributed by atoms with Crippen molar-refractivity contribution in [2.45, 2.75) is 0 Å². The number of carbonyl (C=O) groups is 1. The first-order valence-corrected chi connectivity index (χ1v) is 7.06. The lowest BCUT2D eigenvalue weighted by Gasteiger charge is -2.13. The summed E-state index contributed by atoms with van der Waals surface area (Å²) in [6.07, 6.45) is 8.47. The number of thioether (sulfide) groups is 1. The maximum absolute atomic E-state index is 12.4. The van der Waals surface area contributed by atoms with Gasteiger partial charge in [0.1, 0.15) is 0 Å². The van der Waals surface area contributed by atoms with Crippen LogP contribution >= 0.6 is 24.0 Å². The SMILES string of the molecule is O=C1/C(=C/c2cccnc2)SC(=S)N1c1cccnc1. The number of rotatable bonds is 2. The Bertz CT molecular complexity index is 686. The number of pyridine rings is 2. The van der Waals surface area contributed by atoms with E-state index in [1.54, 1.807) is 36.9 Å². The molecule has 1 amide bonds. The molecule has 3 rings (SSSR count). The van der Waals surface area contributed by atoms with Gasteiger partial charge in [0.2, 0.25) is 0 Å². The zero-order valence-electron chi connectivity index (χ0n) is 10.3. The van der Waals surface area contributed by atoms with Gasteiger partial charge in [-0.25, -0.2) is 0 Å². The van der Waals surface area contributed by atoms with E-state index in [1.165, 1.54) is 16.7 Å². The van der Waals surface area contributed by atoms with E-state index in [9.17, 15) is 4.79 Å². The highest BCUT2D eigenvalue weighted by molar-refractivity contribution is 8.27. The molecule has 0 aliphatic carbocycles. The van der Waals surface area contributed by atoms with E-state index in [0.717, 1.165) is 5.56 Å². The second kappa shape index (κ2) is 5.52. The summed E-state index contributed by atoms with van der Waals surface area (Å²) in [6, 6.07) is 7.31. The lowest BCUT2D eigenvalue weighted by atomic mass is 10.2. The standard InChI is InChI=1S/C14H9N3OS2/c18-13-12(7-10-3-1-5-15-8-10)20-14(19)17(13)11-4-2-6-16-9-11/h1-9H/b12-7-. The van der Waals surface area contributed by atoms with Crippen molar-refractivity contribution >= 4 is 46.0 Å². The maximum Gasteiger partial charge on any atom is 0.270 e. The average molecular weight is 299 g/mol. The fourth-order valence-corrected chi connectivity index (χ4v) is 3.09. The molecule has 0 bridgehead atoms. The highest BCUT2D eigenvalue weighted by Crippen LogP contribution is 2.35. The summed E-state index contributed by atoms with van der Waals surface area (Å²) in [5, 5.41) is 0. The minimum atomic E-state index is -0.128. The first-order chi connectivity index (χ1) is 9.75. The summed E-state index contributed by atoms with van der Waals surface area (Å²) >= 11 is 6.56. The molecule has 1 aliphatic heterocycles.